The molecule has 0 aliphatic carbocycles. The maximum atomic E-state index is 13.0. The van der Waals surface area contributed by atoms with Crippen molar-refractivity contribution in [3.05, 3.63) is 24.0 Å². The fraction of sp³-hybridized carbons (Fsp3) is 0.455. The molecule has 0 aromatic heterocycles. The number of nitrogens with one attached hydrogen (secondary N) is 1. The van der Waals surface area contributed by atoms with Crippen LogP contribution in [0.2, 0.25) is 0 Å². The van der Waals surface area contributed by atoms with E-state index in [1.54, 1.807) is 6.07 Å². The van der Waals surface area contributed by atoms with Crippen LogP contribution in [0.25, 0.3) is 0 Å². The van der Waals surface area contributed by atoms with E-state index in [0.29, 0.717) is 6.61 Å². The molecular formula is C11H12FNO2. The fourth-order valence-electron chi connectivity index (χ4n) is 2.07. The summed E-state index contributed by atoms with van der Waals surface area (Å²) in [6.07, 6.45) is 1.03. The van der Waals surface area contributed by atoms with Crippen molar-refractivity contribution in [1.82, 2.24) is 0 Å². The number of fused-ring (bicyclic) bond motifs is 2. The lowest BCUT2D eigenvalue weighted by molar-refractivity contribution is 0.00985. The lowest BCUT2D eigenvalue weighted by Crippen LogP contribution is -2.48. The molecule has 2 unspecified atom stereocenters. The van der Waals surface area contributed by atoms with Crippen LogP contribution in [0.3, 0.4) is 0 Å². The van der Waals surface area contributed by atoms with Crippen LogP contribution >= 0.6 is 0 Å². The topological polar surface area (TPSA) is 30.5 Å². The van der Waals surface area contributed by atoms with Crippen LogP contribution in [0.5, 0.6) is 5.75 Å². The third-order valence-corrected chi connectivity index (χ3v) is 2.85. The van der Waals surface area contributed by atoms with Gasteiger partial charge in [0.15, 0.2) is 0 Å². The Kier molecular flexibility index (Phi) is 2.02. The molecule has 4 heteroatoms. The number of anilines is 1. The van der Waals surface area contributed by atoms with Gasteiger partial charge in [-0.3, -0.25) is 0 Å². The maximum Gasteiger partial charge on any atom is 0.143 e. The van der Waals surface area contributed by atoms with Gasteiger partial charge in [0.1, 0.15) is 17.7 Å². The minimum atomic E-state index is -0.250. The average Bonchev–Trinajstić information content (AvgIpc) is 2.26. The monoisotopic (exact) mass is 209 g/mol. The molecule has 1 fully saturated rings. The molecule has 3 rings (SSSR count). The van der Waals surface area contributed by atoms with Gasteiger partial charge in [-0.1, -0.05) is 0 Å². The predicted octanol–water partition coefficient (Wildman–Crippen LogP) is 1.79. The van der Waals surface area contributed by atoms with Gasteiger partial charge in [0, 0.05) is 12.5 Å². The number of halogens is 1. The summed E-state index contributed by atoms with van der Waals surface area (Å²) >= 11 is 0. The lowest BCUT2D eigenvalue weighted by atomic mass is 10.0. The van der Waals surface area contributed by atoms with Crippen LogP contribution in [0, 0.1) is 5.82 Å². The van der Waals surface area contributed by atoms with E-state index in [1.165, 1.54) is 12.1 Å². The standard InChI is InChI=1S/C11H12FNO2/c12-7-1-2-10-8(5-7)13-9-6-14-4-3-11(9)15-10/h1-2,5,9,11,13H,3-4,6H2. The molecule has 0 spiro atoms. The van der Waals surface area contributed by atoms with Crippen molar-refractivity contribution in [3.8, 4) is 5.75 Å². The zero-order valence-corrected chi connectivity index (χ0v) is 8.20. The highest BCUT2D eigenvalue weighted by Gasteiger charge is 2.32. The molecular weight excluding hydrogens is 197 g/mol. The number of hydrogen-bond donors (Lipinski definition) is 1. The summed E-state index contributed by atoms with van der Waals surface area (Å²) in [5, 5.41) is 3.25. The van der Waals surface area contributed by atoms with Gasteiger partial charge in [-0.05, 0) is 12.1 Å². The number of benzene rings is 1. The van der Waals surface area contributed by atoms with Crippen LogP contribution < -0.4 is 10.1 Å². The van der Waals surface area contributed by atoms with E-state index >= 15 is 0 Å². The second-order valence-electron chi connectivity index (χ2n) is 3.91. The number of ether oxygens (including phenoxy) is 2. The SMILES string of the molecule is Fc1ccc2c(c1)NC1COCCC1O2. The van der Waals surface area contributed by atoms with Crippen molar-refractivity contribution in [3.63, 3.8) is 0 Å². The van der Waals surface area contributed by atoms with E-state index in [0.717, 1.165) is 24.5 Å². The summed E-state index contributed by atoms with van der Waals surface area (Å²) in [6, 6.07) is 4.69. The first-order valence-corrected chi connectivity index (χ1v) is 5.13. The molecule has 0 amide bonds. The van der Waals surface area contributed by atoms with Gasteiger partial charge in [0.25, 0.3) is 0 Å². The highest BCUT2D eigenvalue weighted by atomic mass is 19.1. The largest absolute Gasteiger partial charge is 0.486 e. The molecule has 2 aliphatic rings. The van der Waals surface area contributed by atoms with Crippen LogP contribution in [-0.2, 0) is 4.74 Å². The van der Waals surface area contributed by atoms with Gasteiger partial charge >= 0.3 is 0 Å². The molecule has 1 aromatic carbocycles. The molecule has 1 aromatic rings. The highest BCUT2D eigenvalue weighted by Crippen LogP contribution is 2.33. The van der Waals surface area contributed by atoms with E-state index in [2.05, 4.69) is 5.32 Å². The smallest absolute Gasteiger partial charge is 0.143 e. The molecule has 2 aliphatic heterocycles. The van der Waals surface area contributed by atoms with Crippen LogP contribution in [0.1, 0.15) is 6.42 Å². The molecule has 2 atom stereocenters. The minimum Gasteiger partial charge on any atom is -0.486 e. The molecule has 0 radical (unpaired) electrons. The van der Waals surface area contributed by atoms with E-state index in [1.807, 2.05) is 0 Å². The second kappa shape index (κ2) is 3.38. The quantitative estimate of drug-likeness (QED) is 0.706. The summed E-state index contributed by atoms with van der Waals surface area (Å²) in [5.74, 6) is 0.486. The van der Waals surface area contributed by atoms with Crippen LogP contribution in [0.15, 0.2) is 18.2 Å². The van der Waals surface area contributed by atoms with Gasteiger partial charge in [-0.25, -0.2) is 4.39 Å². The summed E-state index contributed by atoms with van der Waals surface area (Å²) < 4.78 is 24.1. The average molecular weight is 209 g/mol. The van der Waals surface area contributed by atoms with Gasteiger partial charge in [-0.15, -0.1) is 0 Å². The van der Waals surface area contributed by atoms with Crippen molar-refractivity contribution in [2.75, 3.05) is 18.5 Å². The first kappa shape index (κ1) is 8.97. The zero-order chi connectivity index (χ0) is 10.3. The Bertz CT molecular complexity index is 383. The maximum absolute atomic E-state index is 13.0. The predicted molar refractivity (Wildman–Crippen MR) is 53.7 cm³/mol. The van der Waals surface area contributed by atoms with E-state index < -0.39 is 0 Å². The highest BCUT2D eigenvalue weighted by molar-refractivity contribution is 5.59. The lowest BCUT2D eigenvalue weighted by Gasteiger charge is -2.37. The Morgan fingerprint density at radius 3 is 3.27 bits per heavy atom. The van der Waals surface area contributed by atoms with Gasteiger partial charge in [0.05, 0.1) is 24.9 Å². The van der Waals surface area contributed by atoms with Gasteiger partial charge in [-0.2, -0.15) is 0 Å². The first-order valence-electron chi connectivity index (χ1n) is 5.13. The number of hydrogen-bond acceptors (Lipinski definition) is 3. The molecule has 80 valence electrons. The van der Waals surface area contributed by atoms with Crippen molar-refractivity contribution >= 4 is 5.69 Å². The number of rotatable bonds is 0. The molecule has 1 saturated heterocycles. The Morgan fingerprint density at radius 1 is 1.40 bits per heavy atom. The second-order valence-corrected chi connectivity index (χ2v) is 3.91. The Hall–Kier alpha value is -1.29. The van der Waals surface area contributed by atoms with Crippen LogP contribution in [0.4, 0.5) is 10.1 Å². The van der Waals surface area contributed by atoms with Crippen molar-refractivity contribution in [1.29, 1.82) is 0 Å². The van der Waals surface area contributed by atoms with E-state index in [-0.39, 0.29) is 18.0 Å². The molecule has 0 saturated carbocycles. The molecule has 3 nitrogen and oxygen atoms in total. The summed E-state index contributed by atoms with van der Waals surface area (Å²) in [7, 11) is 0. The Labute approximate surface area is 87.2 Å². The van der Waals surface area contributed by atoms with Crippen molar-refractivity contribution < 1.29 is 13.9 Å². The first-order chi connectivity index (χ1) is 7.33. The Morgan fingerprint density at radius 2 is 2.33 bits per heavy atom. The van der Waals surface area contributed by atoms with E-state index in [9.17, 15) is 4.39 Å². The molecule has 2 heterocycles. The third-order valence-electron chi connectivity index (χ3n) is 2.85. The normalized spacial score (nSPS) is 28.3. The van der Waals surface area contributed by atoms with Crippen molar-refractivity contribution in [2.45, 2.75) is 18.6 Å². The minimum absolute atomic E-state index is 0.146. The van der Waals surface area contributed by atoms with Crippen molar-refractivity contribution in [2.24, 2.45) is 0 Å². The summed E-state index contributed by atoms with van der Waals surface area (Å²) in [6.45, 7) is 1.36. The molecule has 0 bridgehead atoms. The third kappa shape index (κ3) is 1.55. The van der Waals surface area contributed by atoms with E-state index in [4.69, 9.17) is 9.47 Å². The fourth-order valence-corrected chi connectivity index (χ4v) is 2.07. The summed E-state index contributed by atoms with van der Waals surface area (Å²) in [4.78, 5) is 0. The molecule has 1 N–H and O–H groups in total. The molecule has 15 heavy (non-hydrogen) atoms. The summed E-state index contributed by atoms with van der Waals surface area (Å²) in [5.41, 5.74) is 0.724. The zero-order valence-electron chi connectivity index (χ0n) is 8.20. The van der Waals surface area contributed by atoms with Gasteiger partial charge in [0.2, 0.25) is 0 Å². The van der Waals surface area contributed by atoms with Gasteiger partial charge < -0.3 is 14.8 Å². The Balaban J connectivity index is 1.92. The van der Waals surface area contributed by atoms with Crippen LogP contribution in [-0.4, -0.2) is 25.4 Å².